The van der Waals surface area contributed by atoms with Crippen LogP contribution in [-0.4, -0.2) is 187 Å². The van der Waals surface area contributed by atoms with Gasteiger partial charge in [0.05, 0.1) is 43.2 Å². The molecule has 9 rings (SSSR count). The molecule has 1 saturated carbocycles. The lowest BCUT2D eigenvalue weighted by Crippen LogP contribution is -2.61. The lowest BCUT2D eigenvalue weighted by molar-refractivity contribution is -0.273. The summed E-state index contributed by atoms with van der Waals surface area (Å²) in [5, 5.41) is 69.3. The van der Waals surface area contributed by atoms with E-state index in [2.05, 4.69) is 32.1 Å². The lowest BCUT2D eigenvalue weighted by atomic mass is 9.76. The Morgan fingerprint density at radius 1 is 0.708 bits per heavy atom. The maximum absolute atomic E-state index is 14.8. The van der Waals surface area contributed by atoms with Crippen LogP contribution in [0.2, 0.25) is 0 Å². The largest absolute Gasteiger partial charge is 0.461 e. The minimum Gasteiger partial charge on any atom is -0.461 e. The number of cyclic esters (lactones) is 1. The first-order valence-corrected chi connectivity index (χ1v) is 36.2. The van der Waals surface area contributed by atoms with E-state index in [-0.39, 0.29) is 68.5 Å². The molecule has 9 aliphatic rings. The molecule has 5 fully saturated rings. The maximum atomic E-state index is 14.8. The number of methoxy groups -OCH3 is 1. The van der Waals surface area contributed by atoms with Crippen molar-refractivity contribution in [1.29, 1.82) is 0 Å². The number of ketones is 2. The summed E-state index contributed by atoms with van der Waals surface area (Å²) in [5.41, 5.74) is 3.52. The molecule has 7 heterocycles. The molecule has 2 aliphatic carbocycles. The molecule has 536 valence electrons. The van der Waals surface area contributed by atoms with E-state index in [1.807, 2.05) is 58.1 Å². The van der Waals surface area contributed by atoms with Gasteiger partial charge in [-0.05, 0) is 207 Å². The average molecular weight is 1340 g/mol. The second-order valence-electron chi connectivity index (χ2n) is 29.7. The Balaban J connectivity index is 1.10. The zero-order valence-electron chi connectivity index (χ0n) is 58.8. The zero-order chi connectivity index (χ0) is 69.8. The molecule has 96 heavy (non-hydrogen) atoms. The van der Waals surface area contributed by atoms with Gasteiger partial charge in [-0.15, -0.1) is 0 Å². The highest BCUT2D eigenvalue weighted by molar-refractivity contribution is 6.39. The molecule has 6 N–H and O–H groups in total. The highest BCUT2D eigenvalue weighted by Crippen LogP contribution is 2.42. The quantitative estimate of drug-likeness (QED) is 0.0750. The number of hydrogen-bond donors (Lipinski definition) is 6. The van der Waals surface area contributed by atoms with E-state index < -0.39 is 138 Å². The summed E-state index contributed by atoms with van der Waals surface area (Å²) in [6, 6.07) is -2.24. The van der Waals surface area contributed by atoms with Crippen molar-refractivity contribution in [3.63, 3.8) is 0 Å². The van der Waals surface area contributed by atoms with Crippen LogP contribution in [-0.2, 0) is 57.2 Å². The first kappa shape index (κ1) is 76.7. The number of carbonyl (C=O) groups excluding carboxylic acids is 6. The van der Waals surface area contributed by atoms with Gasteiger partial charge in [0.15, 0.2) is 6.10 Å². The van der Waals surface area contributed by atoms with Gasteiger partial charge in [0, 0.05) is 38.0 Å². The molecule has 22 atom stereocenters. The molecule has 2 amide bonds. The minimum absolute atomic E-state index is 0.00862. The predicted octanol–water partition coefficient (Wildman–Crippen LogP) is 9.12. The van der Waals surface area contributed by atoms with Crippen LogP contribution >= 0.6 is 0 Å². The van der Waals surface area contributed by atoms with Crippen LogP contribution in [0.1, 0.15) is 197 Å². The number of fused-ring (bicyclic) bond motifs is 16. The van der Waals surface area contributed by atoms with Gasteiger partial charge in [-0.3, -0.25) is 19.2 Å². The summed E-state index contributed by atoms with van der Waals surface area (Å²) < 4.78 is 37.8. The Bertz CT molecular complexity index is 2910. The Morgan fingerprint density at radius 2 is 1.36 bits per heavy atom. The number of amides is 2. The van der Waals surface area contributed by atoms with Crippen molar-refractivity contribution in [2.45, 2.75) is 282 Å². The molecular formula is C76H114N2O18. The number of nitrogens with zero attached hydrogens (tertiary/aromatic N) is 2. The number of esters is 2. The second kappa shape index (κ2) is 34.9. The number of hydrogen-bond acceptors (Lipinski definition) is 18. The SMILES string of the molecule is CCC1/C=C(\C)C(O)CCC(C)/C=C/C(O)C(C)C2CCC(C)C(O)(O2)C(=O)C(=O)N2CCCCC2C(=O)OC2C=CC(=CC2OC/C2=C\CC3OC(O)(C(=O)C(=O)N4CCCCC4C(=O)OC(C(C)CC4CCC(O)C(OC)C4O)CCC/C=C/C2)C(C)CC3C)/C=C(\C)C1. The fraction of sp³-hybridized carbons (Fsp3) is 0.737. The topological polar surface area (TPSA) is 286 Å². The van der Waals surface area contributed by atoms with Gasteiger partial charge in [-0.25, -0.2) is 9.59 Å². The average Bonchev–Trinajstić information content (AvgIpc) is 0.792. The van der Waals surface area contributed by atoms with Crippen molar-refractivity contribution in [2.75, 3.05) is 26.8 Å². The molecule has 20 nitrogen and oxygen atoms in total. The fourth-order valence-corrected chi connectivity index (χ4v) is 15.7. The number of ether oxygens (including phenoxy) is 6. The van der Waals surface area contributed by atoms with Gasteiger partial charge >= 0.3 is 11.9 Å². The molecule has 6 bridgehead atoms. The smallest absolute Gasteiger partial charge is 0.329 e. The molecule has 0 radical (unpaired) electrons. The number of piperidine rings is 2. The summed E-state index contributed by atoms with van der Waals surface area (Å²) in [7, 11) is 1.46. The highest BCUT2D eigenvalue weighted by Gasteiger charge is 2.56. The summed E-state index contributed by atoms with van der Waals surface area (Å²) in [6.45, 7) is 17.4. The Labute approximate surface area is 569 Å². The number of carbonyl (C=O) groups is 6. The van der Waals surface area contributed by atoms with Gasteiger partial charge in [0.25, 0.3) is 23.4 Å². The standard InChI is InChI=1S/C76H114N2O18/c1-11-53-38-46(3)39-55-28-35-65(94-74(88)58-22-17-19-37-78(58)71(85)69(83)75(89)50(7)26-33-64(96-75)52(9)60(80)31-25-45(2)24-30-59(79)47(4)41-53)66(43-55)92-44-54-20-14-12-13-15-23-62(49(6)42-56-29-32-61(81)68(91-10)67(56)82)93-73(87)57-21-16-18-36-77(57)72(86)70(84)76(90)51(8)40-48(5)63(95-76)34-27-54/h12,14,25,27-28,31,35,39,41,43,45,48-53,56-68,79-82,89-90H,11,13,15-24,26,29-30,32-34,36-38,40,42,44H2,1-10H3/b14-12+,31-25+,46-39+,47-41+,54-27-. The maximum Gasteiger partial charge on any atom is 0.329 e. The normalized spacial score (nSPS) is 41.7. The number of rotatable bonds is 8. The summed E-state index contributed by atoms with van der Waals surface area (Å²) >= 11 is 0. The van der Waals surface area contributed by atoms with Crippen molar-refractivity contribution >= 4 is 35.3 Å². The van der Waals surface area contributed by atoms with Gasteiger partial charge in [-0.1, -0.05) is 103 Å². The van der Waals surface area contributed by atoms with Gasteiger partial charge in [0.1, 0.15) is 30.4 Å². The molecule has 4 saturated heterocycles. The van der Waals surface area contributed by atoms with E-state index in [1.165, 1.54) is 16.9 Å². The van der Waals surface area contributed by atoms with E-state index in [0.717, 1.165) is 28.7 Å². The molecule has 0 spiro atoms. The van der Waals surface area contributed by atoms with Crippen LogP contribution in [0.25, 0.3) is 0 Å². The number of aliphatic hydroxyl groups excluding tert-OH is 4. The minimum atomic E-state index is -2.53. The van der Waals surface area contributed by atoms with Crippen molar-refractivity contribution in [1.82, 2.24) is 9.80 Å². The summed E-state index contributed by atoms with van der Waals surface area (Å²) in [5.74, 6) is -13.5. The van der Waals surface area contributed by atoms with Gasteiger partial charge in [-0.2, -0.15) is 0 Å². The van der Waals surface area contributed by atoms with Crippen molar-refractivity contribution in [3.05, 3.63) is 83.1 Å². The zero-order valence-corrected chi connectivity index (χ0v) is 58.8. The van der Waals surface area contributed by atoms with Crippen molar-refractivity contribution in [2.24, 2.45) is 47.3 Å². The van der Waals surface area contributed by atoms with Gasteiger partial charge in [0.2, 0.25) is 11.6 Å². The third-order valence-electron chi connectivity index (χ3n) is 22.4. The summed E-state index contributed by atoms with van der Waals surface area (Å²) in [4.78, 5) is 89.8. The Kier molecular flexibility index (Phi) is 27.9. The monoisotopic (exact) mass is 1340 g/mol. The van der Waals surface area contributed by atoms with Gasteiger partial charge < -0.3 is 68.9 Å². The number of aliphatic hydroxyl groups is 6. The number of allylic oxidation sites excluding steroid dienone is 8. The van der Waals surface area contributed by atoms with Crippen LogP contribution in [0.3, 0.4) is 0 Å². The first-order valence-electron chi connectivity index (χ1n) is 36.2. The van der Waals surface area contributed by atoms with Crippen LogP contribution in [0.4, 0.5) is 0 Å². The third-order valence-corrected chi connectivity index (χ3v) is 22.4. The Morgan fingerprint density at radius 3 is 2.03 bits per heavy atom. The first-order chi connectivity index (χ1) is 45.7. The fourth-order valence-electron chi connectivity index (χ4n) is 15.7. The molecular weight excluding hydrogens is 1230 g/mol. The van der Waals surface area contributed by atoms with Crippen LogP contribution in [0.5, 0.6) is 0 Å². The predicted molar refractivity (Wildman–Crippen MR) is 361 cm³/mol. The molecule has 0 aromatic heterocycles. The van der Waals surface area contributed by atoms with Crippen LogP contribution in [0, 0.1) is 47.3 Å². The van der Waals surface area contributed by atoms with E-state index in [0.29, 0.717) is 109 Å². The number of Topliss-reactive ketones (excluding diaryl/α,β-unsaturated/α-hetero) is 2. The van der Waals surface area contributed by atoms with Crippen molar-refractivity contribution < 1.29 is 87.8 Å². The second-order valence-corrected chi connectivity index (χ2v) is 29.7. The van der Waals surface area contributed by atoms with Crippen molar-refractivity contribution in [3.8, 4) is 0 Å². The molecule has 7 aliphatic heterocycles. The molecule has 22 unspecified atom stereocenters. The van der Waals surface area contributed by atoms with Crippen LogP contribution in [0.15, 0.2) is 83.1 Å². The summed E-state index contributed by atoms with van der Waals surface area (Å²) in [6.07, 6.45) is 21.3. The highest BCUT2D eigenvalue weighted by atomic mass is 16.6. The van der Waals surface area contributed by atoms with Crippen LogP contribution < -0.4 is 0 Å². The Hall–Kier alpha value is -5.00. The van der Waals surface area contributed by atoms with E-state index >= 15 is 0 Å². The van der Waals surface area contributed by atoms with E-state index in [1.54, 1.807) is 32.9 Å². The molecule has 20 heteroatoms. The molecule has 0 aromatic rings. The van der Waals surface area contributed by atoms with E-state index in [9.17, 15) is 59.4 Å². The van der Waals surface area contributed by atoms with E-state index in [4.69, 9.17) is 28.4 Å². The third kappa shape index (κ3) is 18.9. The lowest BCUT2D eigenvalue weighted by Gasteiger charge is -2.44. The molecule has 0 aromatic carbocycles.